The first-order chi connectivity index (χ1) is 16.0. The van der Waals surface area contributed by atoms with E-state index in [1.54, 1.807) is 13.0 Å². The highest BCUT2D eigenvalue weighted by Crippen LogP contribution is 2.25. The number of amidine groups is 1. The number of benzene rings is 1. The minimum Gasteiger partial charge on any atom is -0.481 e. The number of ether oxygens (including phenoxy) is 1. The van der Waals surface area contributed by atoms with Crippen molar-refractivity contribution in [3.8, 4) is 5.75 Å². The molecule has 10 nitrogen and oxygen atoms in total. The van der Waals surface area contributed by atoms with E-state index in [-0.39, 0.29) is 34.9 Å². The van der Waals surface area contributed by atoms with Crippen LogP contribution in [0.5, 0.6) is 5.75 Å². The van der Waals surface area contributed by atoms with Crippen molar-refractivity contribution in [3.63, 3.8) is 0 Å². The van der Waals surface area contributed by atoms with Gasteiger partial charge in [-0.25, -0.2) is 14.0 Å². The van der Waals surface area contributed by atoms with Gasteiger partial charge in [0.15, 0.2) is 11.6 Å². The normalized spacial score (nSPS) is 12.4. The lowest BCUT2D eigenvalue weighted by Gasteiger charge is -2.18. The molecule has 2 aromatic rings. The largest absolute Gasteiger partial charge is 0.481 e. The molecule has 0 radical (unpaired) electrons. The summed E-state index contributed by atoms with van der Waals surface area (Å²) in [5.74, 6) is -5.94. The zero-order valence-corrected chi connectivity index (χ0v) is 19.0. The molecule has 0 aliphatic rings. The predicted molar refractivity (Wildman–Crippen MR) is 121 cm³/mol. The van der Waals surface area contributed by atoms with Crippen LogP contribution in [0.25, 0.3) is 0 Å². The first-order valence-electron chi connectivity index (χ1n) is 10.2. The number of rotatable bonds is 12. The number of halogens is 1. The van der Waals surface area contributed by atoms with Crippen LogP contribution in [0.1, 0.15) is 46.3 Å². The molecule has 0 aliphatic heterocycles. The average molecular weight is 494 g/mol. The lowest BCUT2D eigenvalue weighted by molar-refractivity contribution is -0.143. The topological polar surface area (TPSA) is 180 Å². The van der Waals surface area contributed by atoms with E-state index in [0.29, 0.717) is 11.3 Å². The van der Waals surface area contributed by atoms with Crippen molar-refractivity contribution in [2.24, 2.45) is 11.7 Å². The Morgan fingerprint density at radius 2 is 1.91 bits per heavy atom. The zero-order valence-electron chi connectivity index (χ0n) is 18.2. The van der Waals surface area contributed by atoms with E-state index < -0.39 is 48.0 Å². The number of carboxylic acid groups (broad SMARTS) is 2. The molecule has 0 fully saturated rings. The van der Waals surface area contributed by atoms with Crippen molar-refractivity contribution in [1.29, 1.82) is 5.41 Å². The van der Waals surface area contributed by atoms with Gasteiger partial charge in [-0.3, -0.25) is 15.0 Å². The van der Waals surface area contributed by atoms with Gasteiger partial charge in [0.1, 0.15) is 16.8 Å². The summed E-state index contributed by atoms with van der Waals surface area (Å²) in [4.78, 5) is 47.8. The number of nitrogens with two attached hydrogens (primary N) is 1. The maximum atomic E-state index is 14.1. The van der Waals surface area contributed by atoms with Crippen LogP contribution in [0.2, 0.25) is 0 Å². The minimum atomic E-state index is -1.32. The Bertz CT molecular complexity index is 1100. The van der Waals surface area contributed by atoms with Gasteiger partial charge < -0.3 is 26.0 Å². The van der Waals surface area contributed by atoms with Gasteiger partial charge in [-0.2, -0.15) is 0 Å². The number of carboxylic acids is 2. The molecule has 0 saturated heterocycles. The van der Waals surface area contributed by atoms with Crippen LogP contribution >= 0.6 is 11.3 Å². The molecule has 1 unspecified atom stereocenters. The SMILES string of the molecule is CCC(Cc1ccc(C(=O)Oc2ccc(C(=N)N)cc2F)s1)C(=O)N[C@@H](CCC(=O)O)C(=O)O. The lowest BCUT2D eigenvalue weighted by atomic mass is 9.99. The van der Waals surface area contributed by atoms with E-state index in [9.17, 15) is 28.7 Å². The van der Waals surface area contributed by atoms with Crippen LogP contribution in [-0.2, 0) is 20.8 Å². The van der Waals surface area contributed by atoms with E-state index in [0.717, 1.165) is 17.4 Å². The highest BCUT2D eigenvalue weighted by atomic mass is 32.1. The van der Waals surface area contributed by atoms with Crippen LogP contribution in [0, 0.1) is 17.1 Å². The Labute approximate surface area is 198 Å². The van der Waals surface area contributed by atoms with Crippen LogP contribution in [0.3, 0.4) is 0 Å². The summed E-state index contributed by atoms with van der Waals surface area (Å²) < 4.78 is 19.2. The standard InChI is InChI=1S/C22H24FN3O7S/c1-2-11(20(29)26-15(21(30)31)5-8-18(27)28)9-13-4-7-17(34-13)22(32)33-16-6-3-12(19(24)25)10-14(16)23/h3-4,6-7,10-11,15H,2,5,8-9H2,1H3,(H3,24,25)(H,26,29)(H,27,28)(H,30,31)/t11?,15-/m0/s1. The molecule has 2 rings (SSSR count). The summed E-state index contributed by atoms with van der Waals surface area (Å²) >= 11 is 1.05. The second kappa shape index (κ2) is 11.9. The molecule has 1 heterocycles. The molecule has 12 heteroatoms. The number of thiophene rings is 1. The molecular weight excluding hydrogens is 469 g/mol. The summed E-state index contributed by atoms with van der Waals surface area (Å²) in [6.45, 7) is 1.74. The molecular formula is C22H24FN3O7S. The molecule has 182 valence electrons. The minimum absolute atomic E-state index is 0.146. The summed E-state index contributed by atoms with van der Waals surface area (Å²) in [5.41, 5.74) is 5.44. The maximum absolute atomic E-state index is 14.1. The van der Waals surface area contributed by atoms with Crippen LogP contribution in [-0.4, -0.2) is 45.9 Å². The fourth-order valence-corrected chi connectivity index (χ4v) is 3.94. The third kappa shape index (κ3) is 7.37. The molecule has 1 aromatic heterocycles. The van der Waals surface area contributed by atoms with Crippen LogP contribution < -0.4 is 15.8 Å². The third-order valence-corrected chi connectivity index (χ3v) is 5.97. The number of nitrogens with one attached hydrogen (secondary N) is 2. The summed E-state index contributed by atoms with van der Waals surface area (Å²) in [6.07, 6.45) is -0.0516. The third-order valence-electron chi connectivity index (χ3n) is 4.88. The molecule has 0 saturated carbocycles. The van der Waals surface area contributed by atoms with Crippen molar-refractivity contribution in [2.75, 3.05) is 0 Å². The van der Waals surface area contributed by atoms with Crippen LogP contribution in [0.4, 0.5) is 4.39 Å². The maximum Gasteiger partial charge on any atom is 0.353 e. The van der Waals surface area contributed by atoms with Gasteiger partial charge in [-0.15, -0.1) is 11.3 Å². The van der Waals surface area contributed by atoms with Gasteiger partial charge in [0, 0.05) is 22.8 Å². The number of esters is 1. The van der Waals surface area contributed by atoms with Gasteiger partial charge >= 0.3 is 17.9 Å². The number of hydrogen-bond donors (Lipinski definition) is 5. The van der Waals surface area contributed by atoms with Crippen molar-refractivity contribution < 1.29 is 38.5 Å². The Balaban J connectivity index is 2.03. The number of nitrogen functional groups attached to an aromatic ring is 1. The van der Waals surface area contributed by atoms with Crippen molar-refractivity contribution in [2.45, 2.75) is 38.6 Å². The Hall–Kier alpha value is -3.80. The van der Waals surface area contributed by atoms with E-state index >= 15 is 0 Å². The smallest absolute Gasteiger partial charge is 0.353 e. The van der Waals surface area contributed by atoms with Gasteiger partial charge in [-0.1, -0.05) is 6.92 Å². The van der Waals surface area contributed by atoms with Gasteiger partial charge in [0.2, 0.25) is 5.91 Å². The highest BCUT2D eigenvalue weighted by Gasteiger charge is 2.26. The summed E-state index contributed by atoms with van der Waals surface area (Å²) in [5, 5.41) is 27.6. The summed E-state index contributed by atoms with van der Waals surface area (Å²) in [6, 6.07) is 5.29. The van der Waals surface area contributed by atoms with Crippen LogP contribution in [0.15, 0.2) is 30.3 Å². The van der Waals surface area contributed by atoms with Crippen molar-refractivity contribution in [1.82, 2.24) is 5.32 Å². The molecule has 0 spiro atoms. The molecule has 1 amide bonds. The fraction of sp³-hybridized carbons (Fsp3) is 0.318. The molecule has 0 aliphatic carbocycles. The van der Waals surface area contributed by atoms with Crippen molar-refractivity contribution >= 4 is 41.0 Å². The average Bonchev–Trinajstić information content (AvgIpc) is 3.24. The number of aliphatic carboxylic acids is 2. The quantitative estimate of drug-likeness (QED) is 0.129. The molecule has 6 N–H and O–H groups in total. The van der Waals surface area contributed by atoms with Gasteiger partial charge in [-0.05, 0) is 49.6 Å². The fourth-order valence-electron chi connectivity index (χ4n) is 2.98. The Kier molecular flexibility index (Phi) is 9.25. The van der Waals surface area contributed by atoms with Gasteiger partial charge in [0.05, 0.1) is 0 Å². The van der Waals surface area contributed by atoms with E-state index in [4.69, 9.17) is 21.0 Å². The zero-order chi connectivity index (χ0) is 25.4. The van der Waals surface area contributed by atoms with E-state index in [1.165, 1.54) is 18.2 Å². The monoisotopic (exact) mass is 493 g/mol. The number of hydrogen-bond acceptors (Lipinski definition) is 7. The molecule has 0 bridgehead atoms. The summed E-state index contributed by atoms with van der Waals surface area (Å²) in [7, 11) is 0. The molecule has 34 heavy (non-hydrogen) atoms. The van der Waals surface area contributed by atoms with E-state index in [2.05, 4.69) is 5.32 Å². The Morgan fingerprint density at radius 3 is 2.47 bits per heavy atom. The Morgan fingerprint density at radius 1 is 1.21 bits per heavy atom. The molecule has 2 atom stereocenters. The first kappa shape index (κ1) is 26.5. The predicted octanol–water partition coefficient (Wildman–Crippen LogP) is 2.39. The number of carbonyl (C=O) groups is 4. The van der Waals surface area contributed by atoms with Gasteiger partial charge in [0.25, 0.3) is 0 Å². The first-order valence-corrected chi connectivity index (χ1v) is 11.0. The second-order valence-corrected chi connectivity index (χ2v) is 8.52. The highest BCUT2D eigenvalue weighted by molar-refractivity contribution is 7.13. The number of amides is 1. The second-order valence-electron chi connectivity index (χ2n) is 7.36. The van der Waals surface area contributed by atoms with E-state index in [1.807, 2.05) is 0 Å². The molecule has 1 aromatic carbocycles. The number of carbonyl (C=O) groups excluding carboxylic acids is 2. The lowest BCUT2D eigenvalue weighted by Crippen LogP contribution is -2.44. The van der Waals surface area contributed by atoms with Crippen molar-refractivity contribution in [3.05, 3.63) is 51.5 Å².